The lowest BCUT2D eigenvalue weighted by molar-refractivity contribution is 0.117. The third kappa shape index (κ3) is 2.27. The molecule has 0 aromatic heterocycles. The topological polar surface area (TPSA) is 29.3 Å². The number of benzene rings is 1. The highest BCUT2D eigenvalue weighted by Crippen LogP contribution is 2.40. The largest absolute Gasteiger partial charge is 0.326 e. The van der Waals surface area contributed by atoms with Gasteiger partial charge in [-0.25, -0.2) is 4.39 Å². The van der Waals surface area contributed by atoms with Crippen LogP contribution in [0.1, 0.15) is 37.3 Å². The standard InChI is InChI=1S/C14H18ClFN2/c15-9-3-6-12(16)11(8-9)14-13(17)2-1-7-18(14)10-4-5-10/h3,6,8,10,13-14H,1-2,4-5,7,17H2. The second-order valence-electron chi connectivity index (χ2n) is 5.39. The van der Waals surface area contributed by atoms with Gasteiger partial charge in [0, 0.05) is 22.7 Å². The van der Waals surface area contributed by atoms with Crippen molar-refractivity contribution in [1.82, 2.24) is 4.90 Å². The van der Waals surface area contributed by atoms with Gasteiger partial charge in [-0.15, -0.1) is 0 Å². The lowest BCUT2D eigenvalue weighted by Gasteiger charge is -2.40. The monoisotopic (exact) mass is 268 g/mol. The molecule has 1 aromatic rings. The summed E-state index contributed by atoms with van der Waals surface area (Å²) in [6, 6.07) is 5.37. The van der Waals surface area contributed by atoms with Gasteiger partial charge in [0.25, 0.3) is 0 Å². The molecule has 98 valence electrons. The fourth-order valence-electron chi connectivity index (χ4n) is 3.02. The van der Waals surface area contributed by atoms with Gasteiger partial charge in [0.1, 0.15) is 5.82 Å². The van der Waals surface area contributed by atoms with Gasteiger partial charge in [-0.2, -0.15) is 0 Å². The molecule has 0 amide bonds. The number of halogens is 2. The Bertz CT molecular complexity index is 447. The van der Waals surface area contributed by atoms with Crippen LogP contribution in [0.4, 0.5) is 4.39 Å². The zero-order valence-electron chi connectivity index (χ0n) is 10.3. The van der Waals surface area contributed by atoms with E-state index >= 15 is 0 Å². The van der Waals surface area contributed by atoms with Crippen molar-refractivity contribution in [2.24, 2.45) is 5.73 Å². The number of nitrogens with zero attached hydrogens (tertiary/aromatic N) is 1. The van der Waals surface area contributed by atoms with Crippen LogP contribution in [0.5, 0.6) is 0 Å². The Morgan fingerprint density at radius 2 is 2.06 bits per heavy atom. The Labute approximate surface area is 112 Å². The fourth-order valence-corrected chi connectivity index (χ4v) is 3.20. The summed E-state index contributed by atoms with van der Waals surface area (Å²) < 4.78 is 14.0. The Morgan fingerprint density at radius 1 is 1.28 bits per heavy atom. The van der Waals surface area contributed by atoms with Gasteiger partial charge in [-0.1, -0.05) is 11.6 Å². The van der Waals surface area contributed by atoms with Crippen molar-refractivity contribution in [2.45, 2.75) is 43.8 Å². The van der Waals surface area contributed by atoms with Crippen LogP contribution in [-0.2, 0) is 0 Å². The Kier molecular flexibility index (Phi) is 3.31. The maximum atomic E-state index is 14.0. The summed E-state index contributed by atoms with van der Waals surface area (Å²) in [5.41, 5.74) is 6.90. The molecule has 2 atom stereocenters. The maximum absolute atomic E-state index is 14.0. The Balaban J connectivity index is 1.97. The number of hydrogen-bond donors (Lipinski definition) is 1. The van der Waals surface area contributed by atoms with Gasteiger partial charge in [0.05, 0.1) is 6.04 Å². The van der Waals surface area contributed by atoms with E-state index in [9.17, 15) is 4.39 Å². The van der Waals surface area contributed by atoms with Crippen LogP contribution < -0.4 is 5.73 Å². The molecule has 2 nitrogen and oxygen atoms in total. The molecule has 2 aliphatic rings. The number of nitrogens with two attached hydrogens (primary N) is 1. The average molecular weight is 269 g/mol. The lowest BCUT2D eigenvalue weighted by atomic mass is 9.90. The maximum Gasteiger partial charge on any atom is 0.128 e. The molecule has 1 saturated carbocycles. The van der Waals surface area contributed by atoms with Crippen LogP contribution in [0.15, 0.2) is 18.2 Å². The van der Waals surface area contributed by atoms with Gasteiger partial charge in [0.2, 0.25) is 0 Å². The molecule has 0 radical (unpaired) electrons. The number of likely N-dealkylation sites (tertiary alicyclic amines) is 1. The summed E-state index contributed by atoms with van der Waals surface area (Å²) in [6.07, 6.45) is 4.49. The van der Waals surface area contributed by atoms with E-state index < -0.39 is 0 Å². The van der Waals surface area contributed by atoms with Gasteiger partial charge in [-0.3, -0.25) is 4.90 Å². The normalized spacial score (nSPS) is 29.5. The first-order chi connectivity index (χ1) is 8.66. The second kappa shape index (κ2) is 4.80. The molecular weight excluding hydrogens is 251 g/mol. The van der Waals surface area contributed by atoms with Crippen LogP contribution in [-0.4, -0.2) is 23.5 Å². The molecule has 2 N–H and O–H groups in total. The van der Waals surface area contributed by atoms with Gasteiger partial charge >= 0.3 is 0 Å². The van der Waals surface area contributed by atoms with Crippen molar-refractivity contribution < 1.29 is 4.39 Å². The zero-order valence-corrected chi connectivity index (χ0v) is 11.0. The SMILES string of the molecule is NC1CCCN(C2CC2)C1c1cc(Cl)ccc1F. The van der Waals surface area contributed by atoms with Crippen LogP contribution in [0.25, 0.3) is 0 Å². The van der Waals surface area contributed by atoms with E-state index in [1.165, 1.54) is 18.9 Å². The predicted molar refractivity (Wildman–Crippen MR) is 71.1 cm³/mol. The molecule has 0 spiro atoms. The molecule has 0 bridgehead atoms. The van der Waals surface area contributed by atoms with E-state index in [1.54, 1.807) is 12.1 Å². The second-order valence-corrected chi connectivity index (χ2v) is 5.82. The van der Waals surface area contributed by atoms with Crippen LogP contribution in [0.3, 0.4) is 0 Å². The molecule has 1 aliphatic carbocycles. The van der Waals surface area contributed by atoms with E-state index in [0.717, 1.165) is 19.4 Å². The molecule has 18 heavy (non-hydrogen) atoms. The summed E-state index contributed by atoms with van der Waals surface area (Å²) in [5, 5.41) is 0.583. The van der Waals surface area contributed by atoms with E-state index in [2.05, 4.69) is 4.90 Å². The van der Waals surface area contributed by atoms with Gasteiger partial charge in [-0.05, 0) is 50.4 Å². The summed E-state index contributed by atoms with van der Waals surface area (Å²) >= 11 is 6.00. The number of rotatable bonds is 2. The molecule has 1 aliphatic heterocycles. The number of piperidine rings is 1. The molecule has 1 heterocycles. The highest BCUT2D eigenvalue weighted by molar-refractivity contribution is 6.30. The minimum Gasteiger partial charge on any atom is -0.326 e. The van der Waals surface area contributed by atoms with Crippen molar-refractivity contribution in [3.05, 3.63) is 34.6 Å². The third-order valence-electron chi connectivity index (χ3n) is 4.01. The van der Waals surface area contributed by atoms with Crippen molar-refractivity contribution >= 4 is 11.6 Å². The molecule has 2 fully saturated rings. The first kappa shape index (κ1) is 12.4. The Morgan fingerprint density at radius 3 is 2.78 bits per heavy atom. The molecule has 1 aromatic carbocycles. The number of hydrogen-bond acceptors (Lipinski definition) is 2. The highest BCUT2D eigenvalue weighted by atomic mass is 35.5. The van der Waals surface area contributed by atoms with Crippen molar-refractivity contribution in [1.29, 1.82) is 0 Å². The summed E-state index contributed by atoms with van der Waals surface area (Å²) in [7, 11) is 0. The van der Waals surface area contributed by atoms with Crippen LogP contribution in [0, 0.1) is 5.82 Å². The quantitative estimate of drug-likeness (QED) is 0.893. The smallest absolute Gasteiger partial charge is 0.128 e. The van der Waals surface area contributed by atoms with Crippen molar-refractivity contribution in [2.75, 3.05) is 6.54 Å². The van der Waals surface area contributed by atoms with Crippen LogP contribution >= 0.6 is 11.6 Å². The van der Waals surface area contributed by atoms with E-state index in [4.69, 9.17) is 17.3 Å². The average Bonchev–Trinajstić information content (AvgIpc) is 3.16. The summed E-state index contributed by atoms with van der Waals surface area (Å²) in [5.74, 6) is -0.188. The van der Waals surface area contributed by atoms with Crippen LogP contribution in [0.2, 0.25) is 5.02 Å². The molecular formula is C14H18ClFN2. The predicted octanol–water partition coefficient (Wildman–Crippen LogP) is 3.11. The minimum atomic E-state index is -0.188. The third-order valence-corrected chi connectivity index (χ3v) is 4.24. The molecule has 4 heteroatoms. The lowest BCUT2D eigenvalue weighted by Crippen LogP contribution is -2.47. The van der Waals surface area contributed by atoms with E-state index in [0.29, 0.717) is 16.6 Å². The molecule has 2 unspecified atom stereocenters. The van der Waals surface area contributed by atoms with E-state index in [1.807, 2.05) is 0 Å². The Hall–Kier alpha value is -0.640. The molecule has 3 rings (SSSR count). The van der Waals surface area contributed by atoms with Gasteiger partial charge in [0.15, 0.2) is 0 Å². The fraction of sp³-hybridized carbons (Fsp3) is 0.571. The van der Waals surface area contributed by atoms with Crippen molar-refractivity contribution in [3.63, 3.8) is 0 Å². The van der Waals surface area contributed by atoms with Gasteiger partial charge < -0.3 is 5.73 Å². The summed E-state index contributed by atoms with van der Waals surface area (Å²) in [6.45, 7) is 1.02. The highest BCUT2D eigenvalue weighted by Gasteiger charge is 2.40. The minimum absolute atomic E-state index is 0.00677. The summed E-state index contributed by atoms with van der Waals surface area (Å²) in [4.78, 5) is 2.38. The molecule has 1 saturated heterocycles. The zero-order chi connectivity index (χ0) is 12.7. The van der Waals surface area contributed by atoms with E-state index in [-0.39, 0.29) is 17.9 Å². The van der Waals surface area contributed by atoms with Crippen molar-refractivity contribution in [3.8, 4) is 0 Å². The first-order valence-corrected chi connectivity index (χ1v) is 7.01. The first-order valence-electron chi connectivity index (χ1n) is 6.63.